The molecular formula is C24H25N3O4. The van der Waals surface area contributed by atoms with Crippen LogP contribution < -0.4 is 15.0 Å². The first-order valence-corrected chi connectivity index (χ1v) is 10.9. The first-order valence-electron chi connectivity index (χ1n) is 10.9. The van der Waals surface area contributed by atoms with Gasteiger partial charge in [-0.1, -0.05) is 18.2 Å². The predicted molar refractivity (Wildman–Crippen MR) is 116 cm³/mol. The molecule has 0 radical (unpaired) electrons. The van der Waals surface area contributed by atoms with Gasteiger partial charge < -0.3 is 19.4 Å². The van der Waals surface area contributed by atoms with Crippen molar-refractivity contribution in [2.24, 2.45) is 0 Å². The van der Waals surface area contributed by atoms with E-state index < -0.39 is 0 Å². The molecule has 1 aromatic heterocycles. The minimum atomic E-state index is -0.134. The van der Waals surface area contributed by atoms with Gasteiger partial charge in [0, 0.05) is 19.4 Å². The Morgan fingerprint density at radius 2 is 1.97 bits per heavy atom. The van der Waals surface area contributed by atoms with Crippen LogP contribution in [-0.2, 0) is 11.2 Å². The summed E-state index contributed by atoms with van der Waals surface area (Å²) in [5, 5.41) is 0.585. The Kier molecular flexibility index (Phi) is 5.32. The first-order chi connectivity index (χ1) is 15.2. The van der Waals surface area contributed by atoms with Crippen LogP contribution in [0, 0.1) is 0 Å². The third kappa shape index (κ3) is 4.00. The van der Waals surface area contributed by atoms with Crippen molar-refractivity contribution in [1.29, 1.82) is 0 Å². The number of para-hydroxylation sites is 1. The molecule has 5 rings (SSSR count). The maximum Gasteiger partial charge on any atom is 0.258 e. The molecule has 7 nitrogen and oxygen atoms in total. The molecule has 1 atom stereocenters. The molecule has 0 spiro atoms. The standard InChI is InChI=1S/C24H25N3O4/c28-23(9-3-8-22-25-18-6-2-1-5-17(18)24(29)26-22)27-12-4-7-19(27)16-10-11-20-21(15-16)31-14-13-30-20/h1-2,5-6,10-11,15,19H,3-4,7-9,12-14H2,(H,25,26,29). The summed E-state index contributed by atoms with van der Waals surface area (Å²) in [6.45, 7) is 1.88. The Labute approximate surface area is 180 Å². The van der Waals surface area contributed by atoms with E-state index in [4.69, 9.17) is 9.47 Å². The van der Waals surface area contributed by atoms with Gasteiger partial charge in [0.2, 0.25) is 5.91 Å². The molecule has 1 N–H and O–H groups in total. The van der Waals surface area contributed by atoms with Crippen molar-refractivity contribution in [3.63, 3.8) is 0 Å². The second-order valence-corrected chi connectivity index (χ2v) is 8.03. The lowest BCUT2D eigenvalue weighted by atomic mass is 10.0. The fraction of sp³-hybridized carbons (Fsp3) is 0.375. The number of nitrogens with zero attached hydrogens (tertiary/aromatic N) is 2. The molecule has 0 saturated carbocycles. The van der Waals surface area contributed by atoms with Gasteiger partial charge in [-0.05, 0) is 49.1 Å². The van der Waals surface area contributed by atoms with Gasteiger partial charge >= 0.3 is 0 Å². The lowest BCUT2D eigenvalue weighted by Gasteiger charge is -2.27. The topological polar surface area (TPSA) is 84.5 Å². The number of aryl methyl sites for hydroxylation is 1. The number of H-pyrrole nitrogens is 1. The lowest BCUT2D eigenvalue weighted by molar-refractivity contribution is -0.132. The van der Waals surface area contributed by atoms with E-state index in [0.717, 1.165) is 36.4 Å². The van der Waals surface area contributed by atoms with E-state index in [-0.39, 0.29) is 17.5 Å². The zero-order valence-electron chi connectivity index (χ0n) is 17.3. The second kappa shape index (κ2) is 8.41. The fourth-order valence-corrected chi connectivity index (χ4v) is 4.48. The number of aromatic amines is 1. The number of hydrogen-bond donors (Lipinski definition) is 1. The summed E-state index contributed by atoms with van der Waals surface area (Å²) in [7, 11) is 0. The third-order valence-electron chi connectivity index (χ3n) is 5.99. The maximum atomic E-state index is 13.0. The second-order valence-electron chi connectivity index (χ2n) is 8.03. The number of fused-ring (bicyclic) bond motifs is 2. The van der Waals surface area contributed by atoms with E-state index in [1.807, 2.05) is 41.3 Å². The van der Waals surface area contributed by atoms with Crippen molar-refractivity contribution < 1.29 is 14.3 Å². The average Bonchev–Trinajstić information content (AvgIpc) is 3.29. The quantitative estimate of drug-likeness (QED) is 0.685. The van der Waals surface area contributed by atoms with Gasteiger partial charge in [-0.25, -0.2) is 4.98 Å². The SMILES string of the molecule is O=C(CCCc1nc2ccccc2c(=O)[nH]1)N1CCCC1c1ccc2c(c1)OCCO2. The highest BCUT2D eigenvalue weighted by Crippen LogP contribution is 2.38. The highest BCUT2D eigenvalue weighted by molar-refractivity contribution is 5.78. The molecule has 0 aliphatic carbocycles. The number of ether oxygens (including phenoxy) is 2. The van der Waals surface area contributed by atoms with Crippen LogP contribution in [0.4, 0.5) is 0 Å². The van der Waals surface area contributed by atoms with Crippen molar-refractivity contribution in [3.8, 4) is 11.5 Å². The number of nitrogens with one attached hydrogen (secondary N) is 1. The van der Waals surface area contributed by atoms with Crippen LogP contribution in [0.15, 0.2) is 47.3 Å². The van der Waals surface area contributed by atoms with Crippen LogP contribution >= 0.6 is 0 Å². The summed E-state index contributed by atoms with van der Waals surface area (Å²) < 4.78 is 11.3. The predicted octanol–water partition coefficient (Wildman–Crippen LogP) is 3.38. The van der Waals surface area contributed by atoms with Crippen LogP contribution in [0.3, 0.4) is 0 Å². The zero-order valence-corrected chi connectivity index (χ0v) is 17.3. The Balaban J connectivity index is 1.23. The molecular weight excluding hydrogens is 394 g/mol. The largest absolute Gasteiger partial charge is 0.486 e. The summed E-state index contributed by atoms with van der Waals surface area (Å²) in [6, 6.07) is 13.3. The Morgan fingerprint density at radius 1 is 1.13 bits per heavy atom. The summed E-state index contributed by atoms with van der Waals surface area (Å²) in [5.41, 5.74) is 1.64. The third-order valence-corrected chi connectivity index (χ3v) is 5.99. The molecule has 1 amide bonds. The molecule has 2 aliphatic rings. The van der Waals surface area contributed by atoms with E-state index in [9.17, 15) is 9.59 Å². The molecule has 0 bridgehead atoms. The van der Waals surface area contributed by atoms with Crippen LogP contribution in [0.1, 0.15) is 43.1 Å². The Hall–Kier alpha value is -3.35. The van der Waals surface area contributed by atoms with Gasteiger partial charge in [-0.15, -0.1) is 0 Å². The number of likely N-dealkylation sites (tertiary alicyclic amines) is 1. The van der Waals surface area contributed by atoms with Gasteiger partial charge in [0.25, 0.3) is 5.56 Å². The van der Waals surface area contributed by atoms with E-state index >= 15 is 0 Å². The summed E-state index contributed by atoms with van der Waals surface area (Å²) in [4.78, 5) is 34.5. The Bertz CT molecular complexity index is 1170. The smallest absolute Gasteiger partial charge is 0.258 e. The molecule has 3 aromatic rings. The molecule has 1 saturated heterocycles. The highest BCUT2D eigenvalue weighted by Gasteiger charge is 2.30. The summed E-state index contributed by atoms with van der Waals surface area (Å²) >= 11 is 0. The van der Waals surface area contributed by atoms with Crippen molar-refractivity contribution in [2.75, 3.05) is 19.8 Å². The van der Waals surface area contributed by atoms with Crippen LogP contribution in [-0.4, -0.2) is 40.5 Å². The Morgan fingerprint density at radius 3 is 2.87 bits per heavy atom. The molecule has 7 heteroatoms. The van der Waals surface area contributed by atoms with Crippen LogP contribution in [0.25, 0.3) is 10.9 Å². The number of aromatic nitrogens is 2. The molecule has 31 heavy (non-hydrogen) atoms. The number of amides is 1. The summed E-state index contributed by atoms with van der Waals surface area (Å²) in [6.07, 6.45) is 3.58. The minimum absolute atomic E-state index is 0.0712. The van der Waals surface area contributed by atoms with Gasteiger partial charge in [-0.2, -0.15) is 0 Å². The number of benzene rings is 2. The van der Waals surface area contributed by atoms with Crippen molar-refractivity contribution >= 4 is 16.8 Å². The molecule has 2 aliphatic heterocycles. The number of carbonyl (C=O) groups is 1. The van der Waals surface area contributed by atoms with Crippen LogP contribution in [0.2, 0.25) is 0 Å². The fourth-order valence-electron chi connectivity index (χ4n) is 4.48. The molecule has 160 valence electrons. The normalized spacial score (nSPS) is 17.8. The van der Waals surface area contributed by atoms with Gasteiger partial charge in [0.15, 0.2) is 11.5 Å². The van der Waals surface area contributed by atoms with Crippen molar-refractivity contribution in [2.45, 2.75) is 38.1 Å². The molecule has 2 aromatic carbocycles. The van der Waals surface area contributed by atoms with Gasteiger partial charge in [0.1, 0.15) is 19.0 Å². The zero-order chi connectivity index (χ0) is 21.2. The first kappa shape index (κ1) is 19.6. The minimum Gasteiger partial charge on any atom is -0.486 e. The average molecular weight is 419 g/mol. The molecule has 3 heterocycles. The number of rotatable bonds is 5. The number of carbonyl (C=O) groups excluding carboxylic acids is 1. The van der Waals surface area contributed by atoms with Crippen LogP contribution in [0.5, 0.6) is 11.5 Å². The van der Waals surface area contributed by atoms with E-state index in [1.54, 1.807) is 6.07 Å². The van der Waals surface area contributed by atoms with Gasteiger partial charge in [-0.3, -0.25) is 9.59 Å². The van der Waals surface area contributed by atoms with E-state index in [2.05, 4.69) is 9.97 Å². The molecule has 1 fully saturated rings. The van der Waals surface area contributed by atoms with Crippen molar-refractivity contribution in [3.05, 3.63) is 64.2 Å². The van der Waals surface area contributed by atoms with E-state index in [0.29, 0.717) is 49.2 Å². The number of hydrogen-bond acceptors (Lipinski definition) is 5. The van der Waals surface area contributed by atoms with Crippen molar-refractivity contribution in [1.82, 2.24) is 14.9 Å². The maximum absolute atomic E-state index is 13.0. The molecule has 1 unspecified atom stereocenters. The highest BCUT2D eigenvalue weighted by atomic mass is 16.6. The monoisotopic (exact) mass is 419 g/mol. The summed E-state index contributed by atoms with van der Waals surface area (Å²) in [5.74, 6) is 2.29. The van der Waals surface area contributed by atoms with E-state index in [1.165, 1.54) is 0 Å². The lowest BCUT2D eigenvalue weighted by Crippen LogP contribution is -2.30. The van der Waals surface area contributed by atoms with Gasteiger partial charge in [0.05, 0.1) is 16.9 Å².